The van der Waals surface area contributed by atoms with Gasteiger partial charge < -0.3 is 19.8 Å². The Morgan fingerprint density at radius 2 is 1.87 bits per heavy atom. The van der Waals surface area contributed by atoms with Crippen molar-refractivity contribution in [3.05, 3.63) is 52.0 Å². The molecule has 0 aliphatic rings. The Morgan fingerprint density at radius 3 is 2.57 bits per heavy atom. The molecule has 0 saturated heterocycles. The van der Waals surface area contributed by atoms with Crippen molar-refractivity contribution in [2.45, 2.75) is 0 Å². The van der Waals surface area contributed by atoms with Gasteiger partial charge >= 0.3 is 11.8 Å². The second-order valence-corrected chi connectivity index (χ2v) is 5.06. The first kappa shape index (κ1) is 15.0. The number of hydrogen-bond acceptors (Lipinski definition) is 4. The van der Waals surface area contributed by atoms with Gasteiger partial charge in [0.25, 0.3) is 0 Å². The highest BCUT2D eigenvalue weighted by Crippen LogP contribution is 2.27. The number of anilines is 2. The summed E-state index contributed by atoms with van der Waals surface area (Å²) in [7, 11) is 1.51. The lowest BCUT2D eigenvalue weighted by Gasteiger charge is -2.09. The Kier molecular flexibility index (Phi) is 3.94. The number of H-pyrrole nitrogens is 1. The second kappa shape index (κ2) is 6.05. The van der Waals surface area contributed by atoms with Crippen LogP contribution in [-0.2, 0) is 0 Å². The molecular weight excluding hydrogens is 322 g/mol. The number of aromatic nitrogens is 1. The van der Waals surface area contributed by atoms with E-state index < -0.39 is 11.8 Å². The van der Waals surface area contributed by atoms with Crippen molar-refractivity contribution in [1.29, 1.82) is 0 Å². The number of oxazole rings is 1. The van der Waals surface area contributed by atoms with Gasteiger partial charge in [-0.15, -0.1) is 0 Å². The third-order valence-electron chi connectivity index (χ3n) is 3.09. The zero-order valence-electron chi connectivity index (χ0n) is 12.0. The number of ether oxygens (including phenoxy) is 1. The smallest absolute Gasteiger partial charge is 0.417 e. The van der Waals surface area contributed by atoms with Crippen molar-refractivity contribution in [3.8, 4) is 5.75 Å². The number of carbonyl (C=O) groups excluding carboxylic acids is 1. The molecule has 7 nitrogen and oxygen atoms in total. The molecule has 0 aliphatic carbocycles. The van der Waals surface area contributed by atoms with Gasteiger partial charge in [0.05, 0.1) is 17.6 Å². The molecule has 0 saturated carbocycles. The number of fused-ring (bicyclic) bond motifs is 1. The van der Waals surface area contributed by atoms with Crippen molar-refractivity contribution in [2.24, 2.45) is 0 Å². The van der Waals surface area contributed by atoms with E-state index in [-0.39, 0.29) is 0 Å². The number of urea groups is 1. The van der Waals surface area contributed by atoms with E-state index in [0.717, 1.165) is 0 Å². The van der Waals surface area contributed by atoms with Crippen molar-refractivity contribution in [2.75, 3.05) is 17.7 Å². The third-order valence-corrected chi connectivity index (χ3v) is 3.38. The quantitative estimate of drug-likeness (QED) is 0.684. The van der Waals surface area contributed by atoms with E-state index in [1.807, 2.05) is 0 Å². The number of nitrogens with one attached hydrogen (secondary N) is 3. The predicted molar refractivity (Wildman–Crippen MR) is 87.5 cm³/mol. The molecule has 3 N–H and O–H groups in total. The molecule has 0 aliphatic heterocycles. The zero-order valence-corrected chi connectivity index (χ0v) is 12.7. The monoisotopic (exact) mass is 333 g/mol. The number of amides is 2. The first-order valence-corrected chi connectivity index (χ1v) is 6.97. The van der Waals surface area contributed by atoms with E-state index in [2.05, 4.69) is 15.6 Å². The summed E-state index contributed by atoms with van der Waals surface area (Å²) in [6.07, 6.45) is 0. The Bertz CT molecular complexity index is 932. The van der Waals surface area contributed by atoms with Crippen LogP contribution in [0.1, 0.15) is 0 Å². The molecule has 0 bridgehead atoms. The van der Waals surface area contributed by atoms with Gasteiger partial charge in [-0.25, -0.2) is 9.59 Å². The van der Waals surface area contributed by atoms with Crippen LogP contribution in [0.2, 0.25) is 5.02 Å². The number of hydrogen-bond donors (Lipinski definition) is 3. The van der Waals surface area contributed by atoms with Crippen LogP contribution >= 0.6 is 11.6 Å². The summed E-state index contributed by atoms with van der Waals surface area (Å²) < 4.78 is 9.98. The molecule has 2 aromatic carbocycles. The van der Waals surface area contributed by atoms with Gasteiger partial charge in [0.15, 0.2) is 5.58 Å². The topological polar surface area (TPSA) is 96.4 Å². The summed E-state index contributed by atoms with van der Waals surface area (Å²) in [6, 6.07) is 9.27. The summed E-state index contributed by atoms with van der Waals surface area (Å²) in [5.41, 5.74) is 1.92. The molecule has 1 aromatic heterocycles. The molecule has 0 atom stereocenters. The maximum atomic E-state index is 12.0. The average molecular weight is 334 g/mol. The first-order chi connectivity index (χ1) is 11.0. The van der Waals surface area contributed by atoms with Gasteiger partial charge in [-0.1, -0.05) is 11.6 Å². The van der Waals surface area contributed by atoms with Crippen LogP contribution in [0, 0.1) is 0 Å². The molecular formula is C15H12ClN3O4. The largest absolute Gasteiger partial charge is 0.495 e. The van der Waals surface area contributed by atoms with Gasteiger partial charge in [0.2, 0.25) is 0 Å². The van der Waals surface area contributed by atoms with Gasteiger partial charge in [-0.05, 0) is 30.3 Å². The minimum Gasteiger partial charge on any atom is -0.495 e. The summed E-state index contributed by atoms with van der Waals surface area (Å²) in [4.78, 5) is 25.6. The molecule has 2 amide bonds. The van der Waals surface area contributed by atoms with Crippen LogP contribution in [-0.4, -0.2) is 18.1 Å². The summed E-state index contributed by atoms with van der Waals surface area (Å²) in [6.45, 7) is 0. The van der Waals surface area contributed by atoms with E-state index in [9.17, 15) is 9.59 Å². The number of aromatic amines is 1. The SMILES string of the molecule is COc1ccc(NC(=O)Nc2ccc3[nH]c(=O)oc3c2)cc1Cl. The normalized spacial score (nSPS) is 10.5. The Morgan fingerprint density at radius 1 is 1.17 bits per heavy atom. The minimum atomic E-state index is -0.547. The number of halogens is 1. The van der Waals surface area contributed by atoms with Gasteiger partial charge in [-0.2, -0.15) is 0 Å². The zero-order chi connectivity index (χ0) is 16.4. The van der Waals surface area contributed by atoms with Gasteiger partial charge in [0, 0.05) is 17.4 Å². The van der Waals surface area contributed by atoms with Crippen molar-refractivity contribution < 1.29 is 13.9 Å². The maximum Gasteiger partial charge on any atom is 0.417 e. The second-order valence-electron chi connectivity index (χ2n) is 4.65. The van der Waals surface area contributed by atoms with Crippen LogP contribution in [0.3, 0.4) is 0 Å². The van der Waals surface area contributed by atoms with Crippen molar-refractivity contribution in [3.63, 3.8) is 0 Å². The summed E-state index contributed by atoms with van der Waals surface area (Å²) >= 11 is 6.00. The molecule has 1 heterocycles. The van der Waals surface area contributed by atoms with E-state index in [4.69, 9.17) is 20.8 Å². The van der Waals surface area contributed by atoms with Gasteiger partial charge in [0.1, 0.15) is 5.75 Å². The highest BCUT2D eigenvalue weighted by Gasteiger charge is 2.08. The van der Waals surface area contributed by atoms with Crippen LogP contribution in [0.5, 0.6) is 5.75 Å². The first-order valence-electron chi connectivity index (χ1n) is 6.59. The number of benzene rings is 2. The van der Waals surface area contributed by atoms with Gasteiger partial charge in [-0.3, -0.25) is 4.98 Å². The highest BCUT2D eigenvalue weighted by atomic mass is 35.5. The van der Waals surface area contributed by atoms with E-state index >= 15 is 0 Å². The fraction of sp³-hybridized carbons (Fsp3) is 0.0667. The number of methoxy groups -OCH3 is 1. The van der Waals surface area contributed by atoms with Crippen LogP contribution in [0.15, 0.2) is 45.6 Å². The summed E-state index contributed by atoms with van der Waals surface area (Å²) in [5, 5.41) is 5.67. The standard InChI is InChI=1S/C15H12ClN3O4/c1-22-12-5-3-8(6-10(12)16)17-14(20)18-9-2-4-11-13(7-9)23-15(21)19-11/h2-7H,1H3,(H,19,21)(H2,17,18,20). The molecule has 0 unspecified atom stereocenters. The molecule has 3 rings (SSSR count). The highest BCUT2D eigenvalue weighted by molar-refractivity contribution is 6.32. The average Bonchev–Trinajstić information content (AvgIpc) is 2.86. The predicted octanol–water partition coefficient (Wildman–Crippen LogP) is 3.43. The number of rotatable bonds is 3. The Balaban J connectivity index is 1.72. The van der Waals surface area contributed by atoms with E-state index in [1.54, 1.807) is 36.4 Å². The lowest BCUT2D eigenvalue weighted by molar-refractivity contribution is 0.262. The Labute approximate surface area is 135 Å². The molecule has 3 aromatic rings. The van der Waals surface area contributed by atoms with E-state index in [0.29, 0.717) is 33.2 Å². The maximum absolute atomic E-state index is 12.0. The molecule has 8 heteroatoms. The Hall–Kier alpha value is -2.93. The van der Waals surface area contributed by atoms with Crippen LogP contribution < -0.4 is 21.1 Å². The number of carbonyl (C=O) groups is 1. The molecule has 23 heavy (non-hydrogen) atoms. The lowest BCUT2D eigenvalue weighted by atomic mass is 10.3. The van der Waals surface area contributed by atoms with E-state index in [1.165, 1.54) is 7.11 Å². The molecule has 118 valence electrons. The fourth-order valence-corrected chi connectivity index (χ4v) is 2.32. The minimum absolute atomic E-state index is 0.361. The van der Waals surface area contributed by atoms with Crippen LogP contribution in [0.25, 0.3) is 11.1 Å². The lowest BCUT2D eigenvalue weighted by Crippen LogP contribution is -2.19. The van der Waals surface area contributed by atoms with Crippen molar-refractivity contribution in [1.82, 2.24) is 4.98 Å². The fourth-order valence-electron chi connectivity index (χ4n) is 2.06. The molecule has 0 fully saturated rings. The third kappa shape index (κ3) is 3.29. The molecule has 0 radical (unpaired) electrons. The van der Waals surface area contributed by atoms with Crippen LogP contribution in [0.4, 0.5) is 16.2 Å². The summed E-state index contributed by atoms with van der Waals surface area (Å²) in [5.74, 6) is -0.0277. The molecule has 0 spiro atoms. The van der Waals surface area contributed by atoms with Crippen molar-refractivity contribution >= 4 is 40.1 Å².